The Morgan fingerprint density at radius 3 is 2.68 bits per heavy atom. The molecule has 2 rings (SSSR count). The molecule has 1 aliphatic rings. The van der Waals surface area contributed by atoms with Gasteiger partial charge in [0.15, 0.2) is 5.96 Å². The molecule has 1 unspecified atom stereocenters. The number of rotatable bonds is 5. The lowest BCUT2D eigenvalue weighted by molar-refractivity contribution is -0.143. The first-order valence-corrected chi connectivity index (χ1v) is 8.78. The number of alkyl halides is 3. The number of likely N-dealkylation sites (tertiary alicyclic amines) is 1. The number of guanidine groups is 1. The predicted octanol–water partition coefficient (Wildman–Crippen LogP) is 3.02. The first-order chi connectivity index (χ1) is 11.7. The maximum absolute atomic E-state index is 12.5. The van der Waals surface area contributed by atoms with Crippen LogP contribution in [0.4, 0.5) is 13.2 Å². The summed E-state index contributed by atoms with van der Waals surface area (Å²) in [5.41, 5.74) is 0.845. The van der Waals surface area contributed by atoms with Gasteiger partial charge in [-0.2, -0.15) is 13.2 Å². The van der Waals surface area contributed by atoms with Crippen LogP contribution in [-0.2, 0) is 13.6 Å². The van der Waals surface area contributed by atoms with E-state index < -0.39 is 12.7 Å². The topological polar surface area (TPSA) is 44.6 Å². The summed E-state index contributed by atoms with van der Waals surface area (Å²) in [5, 5.41) is 7.22. The Balaban J connectivity index is 1.95. The largest absolute Gasteiger partial charge is 0.401 e. The van der Waals surface area contributed by atoms with Gasteiger partial charge in [0.1, 0.15) is 5.15 Å². The summed E-state index contributed by atoms with van der Waals surface area (Å²) in [4.78, 5) is 5.88. The van der Waals surface area contributed by atoms with E-state index in [1.807, 2.05) is 6.92 Å². The number of aromatic nitrogens is 1. The van der Waals surface area contributed by atoms with E-state index in [0.29, 0.717) is 48.7 Å². The second-order valence-corrected chi connectivity index (χ2v) is 6.77. The molecule has 2 heterocycles. The highest BCUT2D eigenvalue weighted by Crippen LogP contribution is 2.25. The molecule has 0 aromatic carbocycles. The van der Waals surface area contributed by atoms with E-state index in [1.54, 1.807) is 17.7 Å². The van der Waals surface area contributed by atoms with E-state index in [1.165, 1.54) is 4.90 Å². The van der Waals surface area contributed by atoms with Crippen LogP contribution in [0.25, 0.3) is 0 Å². The van der Waals surface area contributed by atoms with Gasteiger partial charge in [0.05, 0.1) is 18.1 Å². The van der Waals surface area contributed by atoms with Gasteiger partial charge in [-0.1, -0.05) is 23.2 Å². The molecule has 25 heavy (non-hydrogen) atoms. The van der Waals surface area contributed by atoms with Gasteiger partial charge in [-0.3, -0.25) is 4.90 Å². The Hall–Kier alpha value is -1.12. The molecule has 0 aliphatic carbocycles. The minimum Gasteiger partial charge on any atom is -0.357 e. The van der Waals surface area contributed by atoms with Gasteiger partial charge in [-0.25, -0.2) is 4.99 Å². The van der Waals surface area contributed by atoms with Crippen molar-refractivity contribution in [2.45, 2.75) is 32.1 Å². The fourth-order valence-electron chi connectivity index (χ4n) is 2.76. The van der Waals surface area contributed by atoms with E-state index >= 15 is 0 Å². The van der Waals surface area contributed by atoms with Crippen molar-refractivity contribution in [3.63, 3.8) is 0 Å². The molecule has 0 saturated carbocycles. The molecule has 1 aliphatic heterocycles. The monoisotopic (exact) mass is 399 g/mol. The van der Waals surface area contributed by atoms with Crippen LogP contribution >= 0.6 is 23.2 Å². The standard InChI is InChI=1S/C15H22Cl2F3N5/c1-3-21-14(22-7-11-6-12(16)13(17)24(11)2)23-10-4-5-25(8-10)9-15(18,19)20/h6,10H,3-5,7-9H2,1-2H3,(H2,21,22,23). The summed E-state index contributed by atoms with van der Waals surface area (Å²) in [6, 6.07) is 1.68. The molecule has 0 radical (unpaired) electrons. The van der Waals surface area contributed by atoms with E-state index in [-0.39, 0.29) is 6.04 Å². The molecule has 10 heteroatoms. The molecule has 1 fully saturated rings. The van der Waals surface area contributed by atoms with Crippen LogP contribution in [0.15, 0.2) is 11.1 Å². The van der Waals surface area contributed by atoms with Crippen molar-refractivity contribution < 1.29 is 13.2 Å². The van der Waals surface area contributed by atoms with Gasteiger partial charge >= 0.3 is 6.18 Å². The first kappa shape index (κ1) is 20.2. The zero-order valence-corrected chi connectivity index (χ0v) is 15.6. The molecule has 1 atom stereocenters. The van der Waals surface area contributed by atoms with Gasteiger partial charge in [0, 0.05) is 38.4 Å². The summed E-state index contributed by atoms with van der Waals surface area (Å²) in [6.07, 6.45) is -3.53. The predicted molar refractivity (Wildman–Crippen MR) is 94.3 cm³/mol. The Morgan fingerprint density at radius 2 is 2.12 bits per heavy atom. The minimum atomic E-state index is -4.17. The van der Waals surface area contributed by atoms with E-state index in [2.05, 4.69) is 15.6 Å². The van der Waals surface area contributed by atoms with Gasteiger partial charge in [0.25, 0.3) is 0 Å². The van der Waals surface area contributed by atoms with Crippen LogP contribution in [-0.4, -0.2) is 53.8 Å². The van der Waals surface area contributed by atoms with Crippen LogP contribution in [0.5, 0.6) is 0 Å². The normalized spacial score (nSPS) is 19.5. The van der Waals surface area contributed by atoms with Crippen LogP contribution in [0.2, 0.25) is 10.2 Å². The van der Waals surface area contributed by atoms with Crippen LogP contribution in [0, 0.1) is 0 Å². The maximum atomic E-state index is 12.5. The van der Waals surface area contributed by atoms with Gasteiger partial charge < -0.3 is 15.2 Å². The fourth-order valence-corrected chi connectivity index (χ4v) is 3.18. The quantitative estimate of drug-likeness (QED) is 0.590. The lowest BCUT2D eigenvalue weighted by Gasteiger charge is -2.19. The number of nitrogens with zero attached hydrogens (tertiary/aromatic N) is 3. The molecule has 0 spiro atoms. The summed E-state index contributed by atoms with van der Waals surface area (Å²) in [5.74, 6) is 0.565. The third-order valence-electron chi connectivity index (χ3n) is 3.98. The molecule has 1 aromatic rings. The van der Waals surface area contributed by atoms with Gasteiger partial charge in [-0.15, -0.1) is 0 Å². The summed E-state index contributed by atoms with van der Waals surface area (Å²) >= 11 is 12.0. The highest BCUT2D eigenvalue weighted by Gasteiger charge is 2.34. The Kier molecular flexibility index (Phi) is 6.87. The van der Waals surface area contributed by atoms with Crippen molar-refractivity contribution in [1.82, 2.24) is 20.1 Å². The van der Waals surface area contributed by atoms with E-state index in [4.69, 9.17) is 23.2 Å². The third-order valence-corrected chi connectivity index (χ3v) is 4.82. The highest BCUT2D eigenvalue weighted by molar-refractivity contribution is 6.41. The van der Waals surface area contributed by atoms with Crippen LogP contribution < -0.4 is 10.6 Å². The lowest BCUT2D eigenvalue weighted by Crippen LogP contribution is -2.45. The molecule has 0 bridgehead atoms. The van der Waals surface area contributed by atoms with Crippen molar-refractivity contribution in [1.29, 1.82) is 0 Å². The number of hydrogen-bond donors (Lipinski definition) is 2. The molecule has 1 saturated heterocycles. The summed E-state index contributed by atoms with van der Waals surface area (Å²) in [7, 11) is 1.80. The van der Waals surface area contributed by atoms with Gasteiger partial charge in [-0.05, 0) is 19.4 Å². The average Bonchev–Trinajstić information content (AvgIpc) is 3.03. The zero-order valence-electron chi connectivity index (χ0n) is 14.1. The average molecular weight is 400 g/mol. The number of nitrogens with one attached hydrogen (secondary N) is 2. The van der Waals surface area contributed by atoms with Crippen molar-refractivity contribution in [3.8, 4) is 0 Å². The maximum Gasteiger partial charge on any atom is 0.401 e. The fraction of sp³-hybridized carbons (Fsp3) is 0.667. The van der Waals surface area contributed by atoms with E-state index in [0.717, 1.165) is 5.69 Å². The molecule has 5 nitrogen and oxygen atoms in total. The first-order valence-electron chi connectivity index (χ1n) is 8.03. The molecular weight excluding hydrogens is 378 g/mol. The second-order valence-electron chi connectivity index (χ2n) is 6.01. The second kappa shape index (κ2) is 8.51. The molecule has 142 valence electrons. The Bertz CT molecular complexity index is 615. The number of aliphatic imine (C=N–C) groups is 1. The number of hydrogen-bond acceptors (Lipinski definition) is 2. The summed E-state index contributed by atoms with van der Waals surface area (Å²) < 4.78 is 39.2. The third kappa shape index (κ3) is 5.97. The highest BCUT2D eigenvalue weighted by atomic mass is 35.5. The lowest BCUT2D eigenvalue weighted by atomic mass is 10.3. The SMILES string of the molecule is CCNC(=NCc1cc(Cl)c(Cl)n1C)NC1CCN(CC(F)(F)F)C1. The summed E-state index contributed by atoms with van der Waals surface area (Å²) in [6.45, 7) is 2.82. The smallest absolute Gasteiger partial charge is 0.357 e. The van der Waals surface area contributed by atoms with Crippen molar-refractivity contribution in [2.75, 3.05) is 26.2 Å². The molecule has 0 amide bonds. The molecular formula is C15H22Cl2F3N5. The van der Waals surface area contributed by atoms with Crippen LogP contribution in [0.3, 0.4) is 0 Å². The van der Waals surface area contributed by atoms with E-state index in [9.17, 15) is 13.2 Å². The van der Waals surface area contributed by atoms with Crippen molar-refractivity contribution in [3.05, 3.63) is 21.9 Å². The Labute approximate surface area is 155 Å². The van der Waals surface area contributed by atoms with Gasteiger partial charge in [0.2, 0.25) is 0 Å². The zero-order chi connectivity index (χ0) is 18.6. The Morgan fingerprint density at radius 1 is 1.40 bits per heavy atom. The van der Waals surface area contributed by atoms with Crippen molar-refractivity contribution in [2.24, 2.45) is 12.0 Å². The molecule has 2 N–H and O–H groups in total. The van der Waals surface area contributed by atoms with Crippen molar-refractivity contribution >= 4 is 29.2 Å². The number of halogens is 5. The van der Waals surface area contributed by atoms with Crippen LogP contribution in [0.1, 0.15) is 19.0 Å². The molecule has 1 aromatic heterocycles. The minimum absolute atomic E-state index is 0.0688.